The largest absolute Gasteiger partial charge is 0.460 e. The summed E-state index contributed by atoms with van der Waals surface area (Å²) in [6, 6.07) is 15.4. The van der Waals surface area contributed by atoms with Gasteiger partial charge in [0.25, 0.3) is 0 Å². The van der Waals surface area contributed by atoms with Crippen LogP contribution in [0.3, 0.4) is 0 Å². The van der Waals surface area contributed by atoms with Crippen molar-refractivity contribution in [2.75, 3.05) is 12.3 Å². The lowest BCUT2D eigenvalue weighted by Crippen LogP contribution is -2.45. The Balaban J connectivity index is 1.58. The molecular weight excluding hydrogens is 585 g/mol. The Labute approximate surface area is 245 Å². The Kier molecular flexibility index (Phi) is 9.84. The molecule has 0 amide bonds. The summed E-state index contributed by atoms with van der Waals surface area (Å²) in [7, 11) is -4.55. The van der Waals surface area contributed by atoms with E-state index in [1.807, 2.05) is 6.07 Å². The maximum absolute atomic E-state index is 14.1. The molecule has 2 aromatic carbocycles. The van der Waals surface area contributed by atoms with E-state index >= 15 is 0 Å². The molecule has 1 aromatic heterocycles. The molecule has 228 valence electrons. The molecule has 0 radical (unpaired) electrons. The summed E-state index contributed by atoms with van der Waals surface area (Å²) in [5.74, 6) is -0.754. The third-order valence-electron chi connectivity index (χ3n) is 6.42. The van der Waals surface area contributed by atoms with Crippen molar-refractivity contribution < 1.29 is 38.1 Å². The van der Waals surface area contributed by atoms with Crippen LogP contribution in [0.4, 0.5) is 5.82 Å². The third-order valence-corrected chi connectivity index (χ3v) is 8.03. The maximum Gasteiger partial charge on any atom is 0.459 e. The molecular formula is C26H30N7O9P. The fourth-order valence-electron chi connectivity index (χ4n) is 4.12. The van der Waals surface area contributed by atoms with E-state index in [0.717, 1.165) is 16.3 Å². The monoisotopic (exact) mass is 615 g/mol. The van der Waals surface area contributed by atoms with Crippen molar-refractivity contribution >= 4 is 19.5 Å². The van der Waals surface area contributed by atoms with Crippen LogP contribution in [0, 0.1) is 6.92 Å². The molecule has 1 aliphatic rings. The number of hydrogen-bond acceptors (Lipinski definition) is 12. The predicted molar refractivity (Wildman–Crippen MR) is 151 cm³/mol. The summed E-state index contributed by atoms with van der Waals surface area (Å²) >= 11 is 0. The molecule has 0 spiro atoms. The molecule has 1 aliphatic heterocycles. The number of rotatable bonds is 12. The maximum atomic E-state index is 14.1. The molecule has 0 aliphatic carbocycles. The minimum absolute atomic E-state index is 0.0475. The second kappa shape index (κ2) is 13.4. The summed E-state index contributed by atoms with van der Waals surface area (Å²) in [6.07, 6.45) is -4.23. The normalized spacial score (nSPS) is 23.5. The molecule has 2 heterocycles. The molecule has 1 fully saturated rings. The first-order chi connectivity index (χ1) is 20.5. The van der Waals surface area contributed by atoms with Gasteiger partial charge < -0.3 is 29.9 Å². The zero-order valence-electron chi connectivity index (χ0n) is 23.1. The minimum Gasteiger partial charge on any atom is -0.460 e. The van der Waals surface area contributed by atoms with Crippen LogP contribution in [-0.4, -0.2) is 56.3 Å². The molecule has 4 rings (SSSR count). The summed E-state index contributed by atoms with van der Waals surface area (Å²) in [4.78, 5) is 31.4. The third kappa shape index (κ3) is 7.39. The number of esters is 1. The van der Waals surface area contributed by atoms with Crippen LogP contribution in [0.1, 0.15) is 24.3 Å². The average Bonchev–Trinajstić information content (AvgIpc) is 3.22. The first kappa shape index (κ1) is 31.7. The summed E-state index contributed by atoms with van der Waals surface area (Å²) < 4.78 is 37.2. The van der Waals surface area contributed by atoms with Gasteiger partial charge in [0.2, 0.25) is 5.72 Å². The SMILES string of the molecule is Cc1ccccc1OP(=O)(N[C@@H](C)C(=O)OCc1ccccc1)OCC1(N=[N+]=[N-])O[C@@H](n2ccc(N)nc2=O)[C@H](O)[C@@H]1O. The fourth-order valence-corrected chi connectivity index (χ4v) is 5.70. The number of hydrogen-bond donors (Lipinski definition) is 4. The number of carbonyl (C=O) groups is 1. The van der Waals surface area contributed by atoms with E-state index in [0.29, 0.717) is 5.56 Å². The van der Waals surface area contributed by atoms with Crippen LogP contribution in [0.2, 0.25) is 0 Å². The van der Waals surface area contributed by atoms with Crippen molar-refractivity contribution in [3.8, 4) is 5.75 Å². The number of para-hydroxylation sites is 1. The van der Waals surface area contributed by atoms with E-state index in [1.54, 1.807) is 49.4 Å². The van der Waals surface area contributed by atoms with E-state index < -0.39 is 56.2 Å². The van der Waals surface area contributed by atoms with E-state index in [1.165, 1.54) is 19.1 Å². The van der Waals surface area contributed by atoms with Crippen LogP contribution < -0.4 is 21.0 Å². The number of nitrogen functional groups attached to an aromatic ring is 1. The molecule has 3 aromatic rings. The number of azide groups is 1. The van der Waals surface area contributed by atoms with Gasteiger partial charge in [-0.05, 0) is 42.6 Å². The Morgan fingerprint density at radius 3 is 2.63 bits per heavy atom. The van der Waals surface area contributed by atoms with Gasteiger partial charge in [-0.3, -0.25) is 13.9 Å². The Hall–Kier alpha value is -4.27. The van der Waals surface area contributed by atoms with Crippen LogP contribution in [0.5, 0.6) is 5.75 Å². The van der Waals surface area contributed by atoms with Gasteiger partial charge in [0.1, 0.15) is 36.4 Å². The second-order valence-electron chi connectivity index (χ2n) is 9.59. The van der Waals surface area contributed by atoms with Gasteiger partial charge in [-0.15, -0.1) is 0 Å². The number of nitrogens with zero attached hydrogens (tertiary/aromatic N) is 5. The number of aromatic nitrogens is 2. The first-order valence-corrected chi connectivity index (χ1v) is 14.4. The van der Waals surface area contributed by atoms with Gasteiger partial charge in [0.05, 0.1) is 6.61 Å². The van der Waals surface area contributed by atoms with E-state index in [-0.39, 0.29) is 18.2 Å². The highest BCUT2D eigenvalue weighted by Crippen LogP contribution is 2.48. The number of aliphatic hydroxyl groups excluding tert-OH is 2. The molecule has 0 bridgehead atoms. The molecule has 1 saturated heterocycles. The van der Waals surface area contributed by atoms with Crippen molar-refractivity contribution in [2.45, 2.75) is 50.7 Å². The molecule has 43 heavy (non-hydrogen) atoms. The first-order valence-electron chi connectivity index (χ1n) is 12.9. The molecule has 17 heteroatoms. The van der Waals surface area contributed by atoms with Crippen molar-refractivity contribution in [2.24, 2.45) is 5.11 Å². The van der Waals surface area contributed by atoms with Crippen LogP contribution >= 0.6 is 7.75 Å². The number of ether oxygens (including phenoxy) is 2. The quantitative estimate of drug-likeness (QED) is 0.0755. The fraction of sp³-hybridized carbons (Fsp3) is 0.346. The van der Waals surface area contributed by atoms with Gasteiger partial charge in [-0.25, -0.2) is 9.36 Å². The van der Waals surface area contributed by atoms with Crippen LogP contribution in [-0.2, 0) is 30.0 Å². The van der Waals surface area contributed by atoms with Crippen molar-refractivity contribution in [3.63, 3.8) is 0 Å². The highest BCUT2D eigenvalue weighted by atomic mass is 31.2. The minimum atomic E-state index is -4.55. The van der Waals surface area contributed by atoms with Crippen molar-refractivity contribution in [3.05, 3.63) is 98.9 Å². The van der Waals surface area contributed by atoms with Gasteiger partial charge in [-0.2, -0.15) is 10.1 Å². The zero-order valence-corrected chi connectivity index (χ0v) is 24.0. The number of nitrogens with one attached hydrogen (secondary N) is 1. The Morgan fingerprint density at radius 1 is 1.26 bits per heavy atom. The number of aliphatic hydroxyl groups is 2. The van der Waals surface area contributed by atoms with Gasteiger partial charge in [-0.1, -0.05) is 53.6 Å². The molecule has 2 unspecified atom stereocenters. The Bertz CT molecular complexity index is 1600. The van der Waals surface area contributed by atoms with Crippen molar-refractivity contribution in [1.29, 1.82) is 0 Å². The zero-order chi connectivity index (χ0) is 31.2. The summed E-state index contributed by atoms with van der Waals surface area (Å²) in [5.41, 5.74) is 12.8. The number of carbonyl (C=O) groups excluding carboxylic acids is 1. The molecule has 6 atom stereocenters. The lowest BCUT2D eigenvalue weighted by atomic mass is 10.1. The lowest BCUT2D eigenvalue weighted by molar-refractivity contribution is -0.146. The van der Waals surface area contributed by atoms with Gasteiger partial charge in [0, 0.05) is 11.1 Å². The number of benzene rings is 2. The average molecular weight is 616 g/mol. The highest BCUT2D eigenvalue weighted by molar-refractivity contribution is 7.52. The van der Waals surface area contributed by atoms with E-state index in [4.69, 9.17) is 24.3 Å². The Morgan fingerprint density at radius 2 is 1.95 bits per heavy atom. The second-order valence-corrected chi connectivity index (χ2v) is 11.3. The van der Waals surface area contributed by atoms with Gasteiger partial charge >= 0.3 is 19.4 Å². The highest BCUT2D eigenvalue weighted by Gasteiger charge is 2.56. The lowest BCUT2D eigenvalue weighted by Gasteiger charge is -2.29. The summed E-state index contributed by atoms with van der Waals surface area (Å²) in [5, 5.41) is 27.6. The van der Waals surface area contributed by atoms with Crippen molar-refractivity contribution in [1.82, 2.24) is 14.6 Å². The molecule has 5 N–H and O–H groups in total. The predicted octanol–water partition coefficient (Wildman–Crippen LogP) is 2.32. The number of anilines is 1. The number of aryl methyl sites for hydroxylation is 1. The van der Waals surface area contributed by atoms with Gasteiger partial charge in [0.15, 0.2) is 6.23 Å². The topological polar surface area (TPSA) is 233 Å². The molecule has 16 nitrogen and oxygen atoms in total. The van der Waals surface area contributed by atoms with E-state index in [9.17, 15) is 29.9 Å². The number of nitrogens with two attached hydrogens (primary N) is 1. The molecule has 0 saturated carbocycles. The summed E-state index contributed by atoms with van der Waals surface area (Å²) in [6.45, 7) is 2.05. The van der Waals surface area contributed by atoms with Crippen LogP contribution in [0.25, 0.3) is 10.4 Å². The van der Waals surface area contributed by atoms with E-state index in [2.05, 4.69) is 20.1 Å². The smallest absolute Gasteiger partial charge is 0.459 e. The van der Waals surface area contributed by atoms with Crippen LogP contribution in [0.15, 0.2) is 76.8 Å². The standard InChI is InChI=1S/C26H30N7O9P/c1-16-8-6-7-11-19(16)42-43(38,30-17(2)24(36)39-14-18-9-4-3-5-10-18)40-15-26(31-32-28)22(35)21(34)23(41-26)33-13-12-20(27)29-25(33)37/h3-13,17,21-23,34-35H,14-15H2,1-2H3,(H,30,38)(H2,27,29,37)/t17-,21+,22-,23+,26?,43?/m0/s1.